The van der Waals surface area contributed by atoms with Gasteiger partial charge in [0.1, 0.15) is 9.98 Å². The number of hydrogen-bond donors (Lipinski definition) is 0. The average molecular weight is 657 g/mol. The van der Waals surface area contributed by atoms with Crippen molar-refractivity contribution in [2.24, 2.45) is 11.8 Å². The van der Waals surface area contributed by atoms with Crippen LogP contribution in [0, 0.1) is 11.8 Å². The molecule has 0 N–H and O–H groups in total. The van der Waals surface area contributed by atoms with Gasteiger partial charge in [-0.05, 0) is 113 Å². The molecule has 4 nitrogen and oxygen atoms in total. The summed E-state index contributed by atoms with van der Waals surface area (Å²) in [6.45, 7) is 12.0. The fraction of sp³-hybridized carbons (Fsp3) is 0.733. The Morgan fingerprint density at radius 3 is 1.60 bits per heavy atom. The Kier molecular flexibility index (Phi) is 12.1. The molecule has 0 aromatic carbocycles. The summed E-state index contributed by atoms with van der Waals surface area (Å²) in [7, 11) is 0. The van der Waals surface area contributed by atoms with Gasteiger partial charge in [0, 0.05) is 49.3 Å². The second kappa shape index (κ2) is 14.7. The first kappa shape index (κ1) is 33.0. The molecule has 0 amide bonds. The van der Waals surface area contributed by atoms with Crippen molar-refractivity contribution in [3.8, 4) is 0 Å². The van der Waals surface area contributed by atoms with Gasteiger partial charge in [0.05, 0.1) is 9.98 Å². The van der Waals surface area contributed by atoms with Crippen LogP contribution < -0.4 is 0 Å². The molecule has 0 bridgehead atoms. The number of fused-ring (bicyclic) bond motifs is 2. The SMILES string of the molecule is CC(C)(CCCCOCCCOCCCC(C)(C)N1C(=S)C=C2SCCC2C1=S)N1C(=S)C=C2SCCC2C1=S. The zero-order chi connectivity index (χ0) is 28.9. The van der Waals surface area contributed by atoms with Crippen molar-refractivity contribution in [2.75, 3.05) is 37.9 Å². The Hall–Kier alpha value is 0.0600. The minimum absolute atomic E-state index is 0.0646. The van der Waals surface area contributed by atoms with Crippen molar-refractivity contribution in [3.05, 3.63) is 22.0 Å². The Morgan fingerprint density at radius 2 is 1.10 bits per heavy atom. The standard InChI is InChI=1S/C30H44N2O2S6/c1-29(2,31-25(35)19-23-21(27(31)37)9-17-39-23)11-5-6-13-33-15-8-16-34-14-7-12-30(3,4)32-26(36)20-24-22(28(32)38)10-18-40-24/h19-22H,5-18H2,1-4H3. The van der Waals surface area contributed by atoms with Crippen molar-refractivity contribution in [2.45, 2.75) is 90.1 Å². The third kappa shape index (κ3) is 7.96. The number of unbranched alkanes of at least 4 members (excludes halogenated alkanes) is 1. The zero-order valence-corrected chi connectivity index (χ0v) is 29.3. The van der Waals surface area contributed by atoms with E-state index in [1.165, 1.54) is 9.81 Å². The molecule has 0 aromatic rings. The van der Waals surface area contributed by atoms with E-state index in [4.69, 9.17) is 58.3 Å². The first-order valence-electron chi connectivity index (χ1n) is 14.6. The molecule has 10 heteroatoms. The highest BCUT2D eigenvalue weighted by atomic mass is 32.2. The number of thioether (sulfide) groups is 2. The quantitative estimate of drug-likeness (QED) is 0.127. The van der Waals surface area contributed by atoms with Gasteiger partial charge in [-0.1, -0.05) is 48.9 Å². The summed E-state index contributed by atoms with van der Waals surface area (Å²) in [4.78, 5) is 11.0. The largest absolute Gasteiger partial charge is 0.381 e. The normalized spacial score (nSPS) is 23.5. The molecular formula is C30H44N2O2S6. The van der Waals surface area contributed by atoms with E-state index in [0.717, 1.165) is 109 Å². The van der Waals surface area contributed by atoms with Crippen LogP contribution in [0.2, 0.25) is 0 Å². The van der Waals surface area contributed by atoms with Gasteiger partial charge in [-0.15, -0.1) is 23.5 Å². The lowest BCUT2D eigenvalue weighted by Gasteiger charge is -2.44. The molecular weight excluding hydrogens is 613 g/mol. The minimum Gasteiger partial charge on any atom is -0.381 e. The van der Waals surface area contributed by atoms with Crippen LogP contribution in [0.15, 0.2) is 22.0 Å². The lowest BCUT2D eigenvalue weighted by molar-refractivity contribution is 0.0758. The highest BCUT2D eigenvalue weighted by Gasteiger charge is 2.41. The molecule has 4 rings (SSSR count). The molecule has 2 atom stereocenters. The van der Waals surface area contributed by atoms with E-state index in [0.29, 0.717) is 11.8 Å². The van der Waals surface area contributed by atoms with Gasteiger partial charge in [0.15, 0.2) is 0 Å². The van der Waals surface area contributed by atoms with Crippen LogP contribution in [0.3, 0.4) is 0 Å². The maximum absolute atomic E-state index is 5.91. The maximum Gasteiger partial charge on any atom is 0.108 e. The fourth-order valence-electron chi connectivity index (χ4n) is 6.00. The summed E-state index contributed by atoms with van der Waals surface area (Å²) in [6.07, 6.45) is 12.7. The molecule has 2 saturated heterocycles. The molecule has 0 radical (unpaired) electrons. The number of hydrogen-bond acceptors (Lipinski definition) is 8. The van der Waals surface area contributed by atoms with Crippen molar-refractivity contribution in [1.29, 1.82) is 0 Å². The molecule has 0 aromatic heterocycles. The van der Waals surface area contributed by atoms with Gasteiger partial charge >= 0.3 is 0 Å². The predicted molar refractivity (Wildman–Crippen MR) is 189 cm³/mol. The van der Waals surface area contributed by atoms with Crippen molar-refractivity contribution < 1.29 is 9.47 Å². The first-order chi connectivity index (χ1) is 19.0. The smallest absolute Gasteiger partial charge is 0.108 e. The summed E-state index contributed by atoms with van der Waals surface area (Å²) in [5.41, 5.74) is -0.158. The van der Waals surface area contributed by atoms with E-state index in [-0.39, 0.29) is 11.1 Å². The van der Waals surface area contributed by atoms with Gasteiger partial charge in [0.25, 0.3) is 0 Å². The molecule has 4 aliphatic rings. The number of nitrogens with zero attached hydrogens (tertiary/aromatic N) is 2. The molecule has 2 unspecified atom stereocenters. The third-order valence-corrected chi connectivity index (χ3v) is 12.1. The van der Waals surface area contributed by atoms with Crippen LogP contribution in [0.4, 0.5) is 0 Å². The minimum atomic E-state index is -0.0937. The summed E-state index contributed by atoms with van der Waals surface area (Å²) in [5.74, 6) is 3.07. The monoisotopic (exact) mass is 656 g/mol. The zero-order valence-electron chi connectivity index (χ0n) is 24.4. The van der Waals surface area contributed by atoms with Crippen LogP contribution in [0.1, 0.15) is 79.1 Å². The van der Waals surface area contributed by atoms with Crippen LogP contribution in [0.5, 0.6) is 0 Å². The number of ether oxygens (including phenoxy) is 2. The van der Waals surface area contributed by atoms with Crippen molar-refractivity contribution in [1.82, 2.24) is 9.80 Å². The van der Waals surface area contributed by atoms with E-state index in [9.17, 15) is 0 Å². The molecule has 222 valence electrons. The molecule has 0 spiro atoms. The molecule has 4 aliphatic heterocycles. The number of thiocarbonyl (C=S) groups is 4. The summed E-state index contributed by atoms with van der Waals surface area (Å²) in [5, 5.41) is 0. The third-order valence-electron chi connectivity index (χ3n) is 8.24. The lowest BCUT2D eigenvalue weighted by atomic mass is 9.91. The average Bonchev–Trinajstić information content (AvgIpc) is 3.54. The molecule has 0 aliphatic carbocycles. The summed E-state index contributed by atoms with van der Waals surface area (Å²) in [6, 6.07) is 0. The van der Waals surface area contributed by atoms with E-state index in [1.807, 2.05) is 23.5 Å². The van der Waals surface area contributed by atoms with E-state index in [1.54, 1.807) is 0 Å². The van der Waals surface area contributed by atoms with E-state index < -0.39 is 0 Å². The van der Waals surface area contributed by atoms with Crippen LogP contribution in [-0.4, -0.2) is 78.8 Å². The predicted octanol–water partition coefficient (Wildman–Crippen LogP) is 8.13. The Bertz CT molecular complexity index is 971. The van der Waals surface area contributed by atoms with Crippen LogP contribution in [0.25, 0.3) is 0 Å². The van der Waals surface area contributed by atoms with Gasteiger partial charge in [-0.3, -0.25) is 0 Å². The fourth-order valence-corrected chi connectivity index (χ4v) is 11.0. The molecule has 40 heavy (non-hydrogen) atoms. The molecule has 0 saturated carbocycles. The van der Waals surface area contributed by atoms with Crippen LogP contribution in [-0.2, 0) is 9.47 Å². The first-order valence-corrected chi connectivity index (χ1v) is 18.2. The van der Waals surface area contributed by atoms with Gasteiger partial charge in [-0.2, -0.15) is 0 Å². The Balaban J connectivity index is 1.03. The highest BCUT2D eigenvalue weighted by Crippen LogP contribution is 2.44. The van der Waals surface area contributed by atoms with E-state index in [2.05, 4.69) is 49.6 Å². The second-order valence-corrected chi connectivity index (χ2v) is 16.3. The van der Waals surface area contributed by atoms with Gasteiger partial charge in [-0.25, -0.2) is 0 Å². The topological polar surface area (TPSA) is 24.9 Å². The van der Waals surface area contributed by atoms with Gasteiger partial charge < -0.3 is 19.3 Å². The summed E-state index contributed by atoms with van der Waals surface area (Å²) >= 11 is 27.0. The van der Waals surface area contributed by atoms with Crippen molar-refractivity contribution in [3.63, 3.8) is 0 Å². The van der Waals surface area contributed by atoms with Crippen molar-refractivity contribution >= 4 is 92.3 Å². The maximum atomic E-state index is 5.91. The Labute approximate surface area is 271 Å². The second-order valence-electron chi connectivity index (χ2n) is 12.3. The molecule has 2 fully saturated rings. The highest BCUT2D eigenvalue weighted by molar-refractivity contribution is 8.03. The Morgan fingerprint density at radius 1 is 0.675 bits per heavy atom. The number of rotatable bonds is 15. The summed E-state index contributed by atoms with van der Waals surface area (Å²) < 4.78 is 11.8. The van der Waals surface area contributed by atoms with Gasteiger partial charge in [0.2, 0.25) is 0 Å². The van der Waals surface area contributed by atoms with Crippen LogP contribution >= 0.6 is 72.4 Å². The molecule has 4 heterocycles. The lowest BCUT2D eigenvalue weighted by Crippen LogP contribution is -2.53. The van der Waals surface area contributed by atoms with E-state index >= 15 is 0 Å².